The zero-order valence-electron chi connectivity index (χ0n) is 25.5. The summed E-state index contributed by atoms with van der Waals surface area (Å²) < 4.78 is 55.9. The molecule has 1 saturated heterocycles. The Bertz CT molecular complexity index is 1500. The molecule has 4 rings (SSSR count). The number of benzene rings is 1. The number of rotatable bonds is 8. The highest BCUT2D eigenvalue weighted by molar-refractivity contribution is 6.76. The number of piperidine rings is 1. The highest BCUT2D eigenvalue weighted by Crippen LogP contribution is 2.39. The van der Waals surface area contributed by atoms with Crippen molar-refractivity contribution in [3.63, 3.8) is 0 Å². The van der Waals surface area contributed by atoms with Gasteiger partial charge in [0.1, 0.15) is 17.9 Å². The van der Waals surface area contributed by atoms with Gasteiger partial charge in [-0.3, -0.25) is 0 Å². The van der Waals surface area contributed by atoms with Crippen molar-refractivity contribution in [2.24, 2.45) is 0 Å². The van der Waals surface area contributed by atoms with E-state index < -0.39 is 31.5 Å². The monoisotopic (exact) mass is 616 g/mol. The zero-order chi connectivity index (χ0) is 31.6. The molecule has 0 unspecified atom stereocenters. The molecule has 9 nitrogen and oxygen atoms in total. The third-order valence-electron chi connectivity index (χ3n) is 6.99. The second-order valence-corrected chi connectivity index (χ2v) is 18.7. The van der Waals surface area contributed by atoms with Crippen molar-refractivity contribution < 1.29 is 27.4 Å². The van der Waals surface area contributed by atoms with Crippen LogP contribution in [0.5, 0.6) is 0 Å². The van der Waals surface area contributed by atoms with Crippen LogP contribution in [0, 0.1) is 11.3 Å². The molecule has 1 amide bonds. The van der Waals surface area contributed by atoms with Crippen molar-refractivity contribution in [3.05, 3.63) is 41.7 Å². The van der Waals surface area contributed by atoms with Crippen molar-refractivity contribution in [2.75, 3.05) is 25.0 Å². The van der Waals surface area contributed by atoms with Crippen LogP contribution in [-0.4, -0.2) is 64.9 Å². The summed E-state index contributed by atoms with van der Waals surface area (Å²) in [5.74, 6) is 0.0277. The van der Waals surface area contributed by atoms with Gasteiger partial charge in [-0.1, -0.05) is 25.7 Å². The number of nitriles is 1. The van der Waals surface area contributed by atoms with Gasteiger partial charge in [-0.15, -0.1) is 0 Å². The topological polar surface area (TPSA) is 105 Å². The molecule has 1 aliphatic heterocycles. The molecule has 1 N–H and O–H groups in total. The first-order chi connectivity index (χ1) is 20.0. The van der Waals surface area contributed by atoms with Crippen LogP contribution in [0.3, 0.4) is 0 Å². The molecule has 0 aliphatic carbocycles. The van der Waals surface area contributed by atoms with E-state index in [9.17, 15) is 23.2 Å². The number of fused-ring (bicyclic) bond motifs is 1. The molecule has 3 aromatic rings. The lowest BCUT2D eigenvalue weighted by Crippen LogP contribution is -2.47. The zero-order valence-corrected chi connectivity index (χ0v) is 26.5. The van der Waals surface area contributed by atoms with Gasteiger partial charge in [-0.25, -0.2) is 14.8 Å². The number of carbonyl (C=O) groups excluding carboxylic acids is 1. The SMILES string of the molecule is CC(C)(C)OC(=O)N1CCC[C@H](Nc2ncc(C(F)(F)F)c(-c3cn(COCC[Si](C)(C)C)c4cc(C#N)ccc34)n2)C1. The Morgan fingerprint density at radius 3 is 2.63 bits per heavy atom. The fourth-order valence-corrected chi connectivity index (χ4v) is 5.59. The quantitative estimate of drug-likeness (QED) is 0.212. The lowest BCUT2D eigenvalue weighted by atomic mass is 10.0. The van der Waals surface area contributed by atoms with Crippen molar-refractivity contribution in [2.45, 2.75) is 83.8 Å². The minimum Gasteiger partial charge on any atom is -0.444 e. The van der Waals surface area contributed by atoms with Gasteiger partial charge in [-0.2, -0.15) is 18.4 Å². The van der Waals surface area contributed by atoms with Crippen LogP contribution in [0.15, 0.2) is 30.6 Å². The summed E-state index contributed by atoms with van der Waals surface area (Å²) in [6.45, 7) is 13.6. The summed E-state index contributed by atoms with van der Waals surface area (Å²) in [6, 6.07) is 7.61. The van der Waals surface area contributed by atoms with Crippen molar-refractivity contribution >= 4 is 31.0 Å². The lowest BCUT2D eigenvalue weighted by Gasteiger charge is -2.34. The smallest absolute Gasteiger partial charge is 0.419 e. The fraction of sp³-hybridized carbons (Fsp3) is 0.533. The van der Waals surface area contributed by atoms with E-state index in [0.29, 0.717) is 49.0 Å². The van der Waals surface area contributed by atoms with E-state index in [-0.39, 0.29) is 30.0 Å². The molecule has 1 atom stereocenters. The number of anilines is 1. The number of nitrogens with one attached hydrogen (secondary N) is 1. The molecule has 0 bridgehead atoms. The third-order valence-corrected chi connectivity index (χ3v) is 8.70. The summed E-state index contributed by atoms with van der Waals surface area (Å²) in [5, 5.41) is 13.1. The normalized spacial score (nSPS) is 16.3. The van der Waals surface area contributed by atoms with Gasteiger partial charge >= 0.3 is 12.3 Å². The van der Waals surface area contributed by atoms with Crippen molar-refractivity contribution in [3.8, 4) is 17.3 Å². The Hall–Kier alpha value is -3.63. The largest absolute Gasteiger partial charge is 0.444 e. The standard InChI is InChI=1S/C30H39F3N6O3Si/c1-29(2,3)42-28(40)38-11-7-8-21(17-38)36-27-35-16-24(30(31,32)33)26(37-27)23-18-39(19-41-12-13-43(4,5)6)25-14-20(15-34)9-10-22(23)25/h9-10,14,16,18,21H,7-8,11-13,17,19H2,1-6H3,(H,35,36,37)/t21-/m0/s1. The summed E-state index contributed by atoms with van der Waals surface area (Å²) in [6.07, 6.45) is -1.39. The number of halogens is 3. The molecule has 0 saturated carbocycles. The van der Waals surface area contributed by atoms with Crippen LogP contribution < -0.4 is 5.32 Å². The van der Waals surface area contributed by atoms with E-state index >= 15 is 0 Å². The van der Waals surface area contributed by atoms with Gasteiger partial charge in [-0.05, 0) is 51.8 Å². The number of ether oxygens (including phenoxy) is 2. The molecule has 3 heterocycles. The average molecular weight is 617 g/mol. The van der Waals surface area contributed by atoms with Gasteiger partial charge in [0.15, 0.2) is 0 Å². The van der Waals surface area contributed by atoms with Crippen LogP contribution >= 0.6 is 0 Å². The lowest BCUT2D eigenvalue weighted by molar-refractivity contribution is -0.137. The van der Waals surface area contributed by atoms with Gasteiger partial charge in [0, 0.05) is 57.2 Å². The van der Waals surface area contributed by atoms with E-state index in [4.69, 9.17) is 9.47 Å². The molecule has 1 aromatic carbocycles. The fourth-order valence-electron chi connectivity index (χ4n) is 4.83. The third kappa shape index (κ3) is 8.48. The maximum atomic E-state index is 14.3. The highest BCUT2D eigenvalue weighted by atomic mass is 28.3. The highest BCUT2D eigenvalue weighted by Gasteiger charge is 2.37. The molecular weight excluding hydrogens is 577 g/mol. The second kappa shape index (κ2) is 12.5. The van der Waals surface area contributed by atoms with Gasteiger partial charge in [0.25, 0.3) is 0 Å². The summed E-state index contributed by atoms with van der Waals surface area (Å²) in [4.78, 5) is 22.6. The Kier molecular flexibility index (Phi) is 9.41. The average Bonchev–Trinajstić information content (AvgIpc) is 3.26. The predicted octanol–water partition coefficient (Wildman–Crippen LogP) is 7.11. The first-order valence-electron chi connectivity index (χ1n) is 14.3. The van der Waals surface area contributed by atoms with Gasteiger partial charge < -0.3 is 24.3 Å². The minimum atomic E-state index is -4.71. The number of hydrogen-bond acceptors (Lipinski definition) is 7. The number of likely N-dealkylation sites (tertiary alicyclic amines) is 1. The first kappa shape index (κ1) is 32.3. The maximum Gasteiger partial charge on any atom is 0.419 e. The molecule has 1 aliphatic rings. The summed E-state index contributed by atoms with van der Waals surface area (Å²) >= 11 is 0. The Morgan fingerprint density at radius 1 is 1.23 bits per heavy atom. The maximum absolute atomic E-state index is 14.3. The second-order valence-electron chi connectivity index (χ2n) is 13.1. The van der Waals surface area contributed by atoms with E-state index in [2.05, 4.69) is 41.0 Å². The Balaban J connectivity index is 1.67. The van der Waals surface area contributed by atoms with Crippen LogP contribution in [0.4, 0.5) is 23.9 Å². The number of nitrogens with zero attached hydrogens (tertiary/aromatic N) is 5. The summed E-state index contributed by atoms with van der Waals surface area (Å²) in [5.41, 5.74) is -0.683. The summed E-state index contributed by atoms with van der Waals surface area (Å²) in [7, 11) is -1.34. The molecule has 2 aromatic heterocycles. The minimum absolute atomic E-state index is 0.0277. The van der Waals surface area contributed by atoms with Crippen molar-refractivity contribution in [1.29, 1.82) is 5.26 Å². The van der Waals surface area contributed by atoms with Crippen LogP contribution in [0.25, 0.3) is 22.2 Å². The molecule has 1 fully saturated rings. The molecule has 43 heavy (non-hydrogen) atoms. The van der Waals surface area contributed by atoms with E-state index in [1.807, 2.05) is 0 Å². The van der Waals surface area contributed by atoms with E-state index in [1.54, 1.807) is 54.6 Å². The Morgan fingerprint density at radius 2 is 1.98 bits per heavy atom. The molecule has 0 spiro atoms. The number of hydrogen-bond donors (Lipinski definition) is 1. The number of carbonyl (C=O) groups is 1. The van der Waals surface area contributed by atoms with Crippen LogP contribution in [0.1, 0.15) is 44.7 Å². The molecule has 0 radical (unpaired) electrons. The molecular formula is C30H39F3N6O3Si. The Labute approximate surface area is 251 Å². The van der Waals surface area contributed by atoms with E-state index in [1.165, 1.54) is 0 Å². The van der Waals surface area contributed by atoms with Crippen LogP contribution in [0.2, 0.25) is 25.7 Å². The number of alkyl halides is 3. The van der Waals surface area contributed by atoms with Crippen molar-refractivity contribution in [1.82, 2.24) is 19.4 Å². The predicted molar refractivity (Wildman–Crippen MR) is 161 cm³/mol. The first-order valence-corrected chi connectivity index (χ1v) is 18.0. The van der Waals surface area contributed by atoms with Gasteiger partial charge in [0.05, 0.1) is 22.8 Å². The molecule has 13 heteroatoms. The number of aromatic nitrogens is 3. The molecule has 232 valence electrons. The van der Waals surface area contributed by atoms with Crippen LogP contribution in [-0.2, 0) is 22.4 Å². The van der Waals surface area contributed by atoms with Gasteiger partial charge in [0.2, 0.25) is 5.95 Å². The van der Waals surface area contributed by atoms with E-state index in [0.717, 1.165) is 12.2 Å². The number of amides is 1.